The summed E-state index contributed by atoms with van der Waals surface area (Å²) < 4.78 is 0. The smallest absolute Gasteiger partial charge is 0.225 e. The molecule has 98 valence electrons. The molecule has 3 heteroatoms. The molecule has 3 nitrogen and oxygen atoms in total. The van der Waals surface area contributed by atoms with Gasteiger partial charge in [0.15, 0.2) is 0 Å². The van der Waals surface area contributed by atoms with Gasteiger partial charge in [-0.1, -0.05) is 0 Å². The predicted octanol–water partition coefficient (Wildman–Crippen LogP) is 1.98. The second-order valence-corrected chi connectivity index (χ2v) is 6.07. The Labute approximate surface area is 105 Å². The number of piperidine rings is 1. The normalized spacial score (nSPS) is 23.1. The van der Waals surface area contributed by atoms with Gasteiger partial charge < -0.3 is 9.80 Å². The Kier molecular flexibility index (Phi) is 4.08. The van der Waals surface area contributed by atoms with Crippen LogP contribution >= 0.6 is 0 Å². The summed E-state index contributed by atoms with van der Waals surface area (Å²) in [6.07, 6.45) is 4.74. The van der Waals surface area contributed by atoms with Crippen molar-refractivity contribution in [2.45, 2.75) is 45.6 Å². The quantitative estimate of drug-likeness (QED) is 0.747. The average Bonchev–Trinajstić information content (AvgIpc) is 3.12. The van der Waals surface area contributed by atoms with Crippen molar-refractivity contribution in [3.05, 3.63) is 0 Å². The van der Waals surface area contributed by atoms with E-state index in [-0.39, 0.29) is 5.92 Å². The fourth-order valence-corrected chi connectivity index (χ4v) is 2.75. The minimum Gasteiger partial charge on any atom is -0.345 e. The van der Waals surface area contributed by atoms with Crippen LogP contribution in [-0.4, -0.2) is 48.4 Å². The molecule has 1 heterocycles. The van der Waals surface area contributed by atoms with Crippen molar-refractivity contribution >= 4 is 5.91 Å². The van der Waals surface area contributed by atoms with E-state index in [1.807, 2.05) is 11.9 Å². The van der Waals surface area contributed by atoms with Crippen LogP contribution in [0.2, 0.25) is 0 Å². The van der Waals surface area contributed by atoms with Crippen molar-refractivity contribution in [2.24, 2.45) is 11.8 Å². The first-order valence-electron chi connectivity index (χ1n) is 7.07. The number of rotatable bonds is 4. The first-order valence-corrected chi connectivity index (χ1v) is 7.07. The van der Waals surface area contributed by atoms with Gasteiger partial charge in [-0.05, 0) is 58.5 Å². The molecule has 17 heavy (non-hydrogen) atoms. The third kappa shape index (κ3) is 3.44. The van der Waals surface area contributed by atoms with E-state index in [0.717, 1.165) is 38.4 Å². The molecular weight excluding hydrogens is 212 g/mol. The first-order chi connectivity index (χ1) is 8.08. The Hall–Kier alpha value is -0.570. The van der Waals surface area contributed by atoms with Gasteiger partial charge in [-0.3, -0.25) is 4.79 Å². The van der Waals surface area contributed by atoms with Gasteiger partial charge in [-0.2, -0.15) is 0 Å². The van der Waals surface area contributed by atoms with Gasteiger partial charge in [0.1, 0.15) is 0 Å². The lowest BCUT2D eigenvalue weighted by molar-refractivity contribution is -0.136. The fourth-order valence-electron chi connectivity index (χ4n) is 2.75. The van der Waals surface area contributed by atoms with Gasteiger partial charge in [0.2, 0.25) is 5.91 Å². The van der Waals surface area contributed by atoms with E-state index in [2.05, 4.69) is 18.7 Å². The Bertz CT molecular complexity index is 265. The SMILES string of the molecule is CC(C)N1CCC(C(=O)N(C)CC2CC2)CC1. The van der Waals surface area contributed by atoms with Crippen LogP contribution in [0.25, 0.3) is 0 Å². The van der Waals surface area contributed by atoms with Crippen LogP contribution in [0.1, 0.15) is 39.5 Å². The number of carbonyl (C=O) groups excluding carboxylic acids is 1. The molecule has 0 unspecified atom stereocenters. The van der Waals surface area contributed by atoms with E-state index in [1.165, 1.54) is 12.8 Å². The summed E-state index contributed by atoms with van der Waals surface area (Å²) in [5, 5.41) is 0. The van der Waals surface area contributed by atoms with E-state index in [9.17, 15) is 4.79 Å². The van der Waals surface area contributed by atoms with Crippen LogP contribution in [0.4, 0.5) is 0 Å². The standard InChI is InChI=1S/C14H26N2O/c1-11(2)16-8-6-13(7-9-16)14(17)15(3)10-12-4-5-12/h11-13H,4-10H2,1-3H3. The number of carbonyl (C=O) groups is 1. The van der Waals surface area contributed by atoms with E-state index in [1.54, 1.807) is 0 Å². The summed E-state index contributed by atoms with van der Waals surface area (Å²) >= 11 is 0. The van der Waals surface area contributed by atoms with Crippen molar-refractivity contribution < 1.29 is 4.79 Å². The molecule has 0 spiro atoms. The molecule has 1 saturated heterocycles. The van der Waals surface area contributed by atoms with E-state index >= 15 is 0 Å². The van der Waals surface area contributed by atoms with Crippen molar-refractivity contribution in [3.8, 4) is 0 Å². The second-order valence-electron chi connectivity index (χ2n) is 6.07. The number of nitrogens with zero attached hydrogens (tertiary/aromatic N) is 2. The summed E-state index contributed by atoms with van der Waals surface area (Å²) in [7, 11) is 1.98. The highest BCUT2D eigenvalue weighted by atomic mass is 16.2. The van der Waals surface area contributed by atoms with Crippen molar-refractivity contribution in [1.29, 1.82) is 0 Å². The van der Waals surface area contributed by atoms with Gasteiger partial charge in [0.25, 0.3) is 0 Å². The molecule has 0 aromatic heterocycles. The molecule has 0 bridgehead atoms. The number of hydrogen-bond acceptors (Lipinski definition) is 2. The Morgan fingerprint density at radius 1 is 1.24 bits per heavy atom. The number of hydrogen-bond donors (Lipinski definition) is 0. The van der Waals surface area contributed by atoms with E-state index in [0.29, 0.717) is 11.9 Å². The van der Waals surface area contributed by atoms with Gasteiger partial charge in [0.05, 0.1) is 0 Å². The summed E-state index contributed by atoms with van der Waals surface area (Å²) in [5.74, 6) is 1.48. The van der Waals surface area contributed by atoms with E-state index in [4.69, 9.17) is 0 Å². The highest BCUT2D eigenvalue weighted by molar-refractivity contribution is 5.78. The molecular formula is C14H26N2O. The summed E-state index contributed by atoms with van der Waals surface area (Å²) in [5.41, 5.74) is 0. The highest BCUT2D eigenvalue weighted by Gasteiger charge is 2.30. The van der Waals surface area contributed by atoms with Crippen LogP contribution < -0.4 is 0 Å². The Morgan fingerprint density at radius 3 is 2.29 bits per heavy atom. The number of likely N-dealkylation sites (tertiary alicyclic amines) is 1. The molecule has 1 aliphatic carbocycles. The van der Waals surface area contributed by atoms with Crippen molar-refractivity contribution in [2.75, 3.05) is 26.7 Å². The zero-order valence-electron chi connectivity index (χ0n) is 11.5. The molecule has 1 amide bonds. The first kappa shape index (κ1) is 12.9. The van der Waals surface area contributed by atoms with E-state index < -0.39 is 0 Å². The zero-order valence-corrected chi connectivity index (χ0v) is 11.5. The predicted molar refractivity (Wildman–Crippen MR) is 69.8 cm³/mol. The Morgan fingerprint density at radius 2 is 1.82 bits per heavy atom. The lowest BCUT2D eigenvalue weighted by atomic mass is 9.94. The minimum atomic E-state index is 0.286. The van der Waals surface area contributed by atoms with Crippen LogP contribution in [0.3, 0.4) is 0 Å². The molecule has 2 rings (SSSR count). The lowest BCUT2D eigenvalue weighted by Gasteiger charge is -2.35. The molecule has 0 N–H and O–H groups in total. The maximum absolute atomic E-state index is 12.2. The fraction of sp³-hybridized carbons (Fsp3) is 0.929. The summed E-state index contributed by atoms with van der Waals surface area (Å²) in [6, 6.07) is 0.621. The second kappa shape index (κ2) is 5.38. The molecule has 0 atom stereocenters. The summed E-state index contributed by atoms with van der Waals surface area (Å²) in [4.78, 5) is 16.7. The zero-order chi connectivity index (χ0) is 12.4. The molecule has 1 aliphatic heterocycles. The third-order valence-electron chi connectivity index (χ3n) is 4.21. The van der Waals surface area contributed by atoms with Crippen LogP contribution in [0, 0.1) is 11.8 Å². The minimum absolute atomic E-state index is 0.286. The maximum Gasteiger partial charge on any atom is 0.225 e. The number of amides is 1. The van der Waals surface area contributed by atoms with Crippen LogP contribution in [-0.2, 0) is 4.79 Å². The van der Waals surface area contributed by atoms with Crippen molar-refractivity contribution in [3.63, 3.8) is 0 Å². The Balaban J connectivity index is 1.76. The van der Waals surface area contributed by atoms with Gasteiger partial charge >= 0.3 is 0 Å². The molecule has 0 aromatic carbocycles. The van der Waals surface area contributed by atoms with Crippen LogP contribution in [0.15, 0.2) is 0 Å². The molecule has 1 saturated carbocycles. The largest absolute Gasteiger partial charge is 0.345 e. The molecule has 2 fully saturated rings. The van der Waals surface area contributed by atoms with Gasteiger partial charge in [-0.25, -0.2) is 0 Å². The third-order valence-corrected chi connectivity index (χ3v) is 4.21. The van der Waals surface area contributed by atoms with Gasteiger partial charge in [-0.15, -0.1) is 0 Å². The molecule has 0 aromatic rings. The molecule has 2 aliphatic rings. The van der Waals surface area contributed by atoms with Crippen molar-refractivity contribution in [1.82, 2.24) is 9.80 Å². The highest BCUT2D eigenvalue weighted by Crippen LogP contribution is 2.30. The monoisotopic (exact) mass is 238 g/mol. The average molecular weight is 238 g/mol. The molecule has 0 radical (unpaired) electrons. The maximum atomic E-state index is 12.2. The lowest BCUT2D eigenvalue weighted by Crippen LogP contribution is -2.43. The summed E-state index contributed by atoms with van der Waals surface area (Å²) in [6.45, 7) is 7.64. The van der Waals surface area contributed by atoms with Gasteiger partial charge in [0, 0.05) is 25.6 Å². The van der Waals surface area contributed by atoms with Crippen LogP contribution in [0.5, 0.6) is 0 Å². The topological polar surface area (TPSA) is 23.6 Å².